The molecule has 0 aromatic heterocycles. The molecule has 1 unspecified atom stereocenters. The second kappa shape index (κ2) is 10.6. The Balaban J connectivity index is 2.29. The van der Waals surface area contributed by atoms with Crippen molar-refractivity contribution < 1.29 is 17.9 Å². The summed E-state index contributed by atoms with van der Waals surface area (Å²) in [5.74, 6) is -0.371. The van der Waals surface area contributed by atoms with Crippen LogP contribution in [0.4, 0.5) is 16.2 Å². The van der Waals surface area contributed by atoms with Crippen LogP contribution in [0.15, 0.2) is 36.4 Å². The molecule has 1 atom stereocenters. The van der Waals surface area contributed by atoms with E-state index in [-0.39, 0.29) is 10.8 Å². The number of nitrogens with zero attached hydrogens (tertiary/aromatic N) is 2. The van der Waals surface area contributed by atoms with Gasteiger partial charge in [-0.2, -0.15) is 0 Å². The molecule has 0 aliphatic rings. The summed E-state index contributed by atoms with van der Waals surface area (Å²) >= 11 is 12.0. The van der Waals surface area contributed by atoms with E-state index in [4.69, 9.17) is 27.9 Å². The predicted molar refractivity (Wildman–Crippen MR) is 129 cm³/mol. The van der Waals surface area contributed by atoms with Crippen molar-refractivity contribution in [3.05, 3.63) is 57.6 Å². The lowest BCUT2D eigenvalue weighted by Crippen LogP contribution is -2.31. The van der Waals surface area contributed by atoms with Crippen molar-refractivity contribution >= 4 is 50.5 Å². The average Bonchev–Trinajstić information content (AvgIpc) is 2.69. The summed E-state index contributed by atoms with van der Waals surface area (Å²) in [4.78, 5) is 16.5. The first-order valence-corrected chi connectivity index (χ1v) is 12.7. The first-order chi connectivity index (χ1) is 14.5. The van der Waals surface area contributed by atoms with Crippen molar-refractivity contribution in [1.29, 1.82) is 0 Å². The van der Waals surface area contributed by atoms with Crippen LogP contribution in [0.25, 0.3) is 0 Å². The number of sulfone groups is 1. The van der Waals surface area contributed by atoms with Crippen LogP contribution in [0, 0.1) is 6.92 Å². The minimum Gasteiger partial charge on any atom is -0.440 e. The van der Waals surface area contributed by atoms with Gasteiger partial charge < -0.3 is 9.64 Å². The van der Waals surface area contributed by atoms with E-state index in [1.807, 2.05) is 25.1 Å². The summed E-state index contributed by atoms with van der Waals surface area (Å²) in [7, 11) is -1.85. The number of aryl methyl sites for hydroxylation is 1. The first kappa shape index (κ1) is 25.3. The number of hydrogen-bond acceptors (Lipinski definition) is 5. The molecule has 0 fully saturated rings. The maximum absolute atomic E-state index is 12.9. The average molecular weight is 487 g/mol. The zero-order valence-corrected chi connectivity index (χ0v) is 20.7. The fourth-order valence-corrected chi connectivity index (χ4v) is 4.40. The third-order valence-electron chi connectivity index (χ3n) is 4.96. The van der Waals surface area contributed by atoms with Crippen molar-refractivity contribution in [2.75, 3.05) is 41.9 Å². The van der Waals surface area contributed by atoms with Gasteiger partial charge in [0.2, 0.25) is 0 Å². The maximum atomic E-state index is 12.9. The Morgan fingerprint density at radius 1 is 1.06 bits per heavy atom. The molecule has 170 valence electrons. The van der Waals surface area contributed by atoms with Crippen molar-refractivity contribution in [3.63, 3.8) is 0 Å². The molecule has 0 N–H and O–H groups in total. The number of rotatable bonds is 8. The van der Waals surface area contributed by atoms with E-state index in [1.54, 1.807) is 19.2 Å². The molecule has 0 heterocycles. The summed E-state index contributed by atoms with van der Waals surface area (Å²) in [6.45, 7) is 7.84. The topological polar surface area (TPSA) is 66.9 Å². The van der Waals surface area contributed by atoms with Gasteiger partial charge in [0.25, 0.3) is 0 Å². The van der Waals surface area contributed by atoms with Gasteiger partial charge in [0.1, 0.15) is 6.10 Å². The summed E-state index contributed by atoms with van der Waals surface area (Å²) < 4.78 is 29.5. The second-order valence-corrected chi connectivity index (χ2v) is 10.3. The van der Waals surface area contributed by atoms with Crippen molar-refractivity contribution in [2.45, 2.75) is 26.9 Å². The number of carbonyl (C=O) groups is 1. The normalized spacial score (nSPS) is 12.4. The molecule has 0 aliphatic carbocycles. The van der Waals surface area contributed by atoms with Gasteiger partial charge in [-0.05, 0) is 62.2 Å². The smallest absolute Gasteiger partial charge is 0.414 e. The molecule has 31 heavy (non-hydrogen) atoms. The number of halogens is 2. The van der Waals surface area contributed by atoms with Gasteiger partial charge in [-0.25, -0.2) is 13.2 Å². The maximum Gasteiger partial charge on any atom is 0.414 e. The van der Waals surface area contributed by atoms with Gasteiger partial charge in [0.15, 0.2) is 9.84 Å². The second-order valence-electron chi connectivity index (χ2n) is 7.34. The molecule has 0 spiro atoms. The summed E-state index contributed by atoms with van der Waals surface area (Å²) in [6, 6.07) is 10.5. The minimum atomic E-state index is -3.44. The fraction of sp³-hybridized carbons (Fsp3) is 0.409. The van der Waals surface area contributed by atoms with E-state index in [2.05, 4.69) is 18.7 Å². The molecule has 0 saturated carbocycles. The standard InChI is InChI=1S/C22H28Cl2N2O4S/c1-6-26(7-2)17-9-11-20(15(3)12-17)25(4)22(27)30-21(14-31(5,28)29)16-8-10-18(23)19(24)13-16/h8-13,21H,6-7,14H2,1-5H3. The van der Waals surface area contributed by atoms with E-state index in [0.717, 1.165) is 30.6 Å². The summed E-state index contributed by atoms with van der Waals surface area (Å²) in [6.07, 6.45) is -0.598. The van der Waals surface area contributed by atoms with Gasteiger partial charge in [0, 0.05) is 37.8 Å². The van der Waals surface area contributed by atoms with E-state index in [1.165, 1.54) is 11.0 Å². The highest BCUT2D eigenvalue weighted by Gasteiger charge is 2.25. The van der Waals surface area contributed by atoms with Gasteiger partial charge >= 0.3 is 6.09 Å². The quantitative estimate of drug-likeness (QED) is 0.492. The van der Waals surface area contributed by atoms with Crippen LogP contribution in [0.2, 0.25) is 10.0 Å². The molecule has 2 aromatic rings. The van der Waals surface area contributed by atoms with Crippen LogP contribution in [-0.4, -0.2) is 46.7 Å². The first-order valence-electron chi connectivity index (χ1n) is 9.89. The number of carbonyl (C=O) groups excluding carboxylic acids is 1. The molecule has 0 bridgehead atoms. The molecule has 6 nitrogen and oxygen atoms in total. The number of benzene rings is 2. The molecular weight excluding hydrogens is 459 g/mol. The molecule has 0 saturated heterocycles. The zero-order chi connectivity index (χ0) is 23.3. The van der Waals surface area contributed by atoms with Crippen LogP contribution in [-0.2, 0) is 14.6 Å². The van der Waals surface area contributed by atoms with E-state index in [9.17, 15) is 13.2 Å². The molecule has 0 aliphatic heterocycles. The third-order valence-corrected chi connectivity index (χ3v) is 6.60. The minimum absolute atomic E-state index is 0.255. The van der Waals surface area contributed by atoms with Crippen LogP contribution in [0.3, 0.4) is 0 Å². The highest BCUT2D eigenvalue weighted by atomic mass is 35.5. The molecule has 2 aromatic carbocycles. The van der Waals surface area contributed by atoms with E-state index < -0.39 is 22.0 Å². The Morgan fingerprint density at radius 3 is 2.23 bits per heavy atom. The number of anilines is 2. The summed E-state index contributed by atoms with van der Waals surface area (Å²) in [5, 5.41) is 0.584. The van der Waals surface area contributed by atoms with Gasteiger partial charge in [-0.3, -0.25) is 4.90 Å². The van der Waals surface area contributed by atoms with Crippen LogP contribution in [0.1, 0.15) is 31.1 Å². The van der Waals surface area contributed by atoms with Gasteiger partial charge in [-0.15, -0.1) is 0 Å². The molecular formula is C22H28Cl2N2O4S. The summed E-state index contributed by atoms with van der Waals surface area (Å²) in [5.41, 5.74) is 3.10. The predicted octanol–water partition coefficient (Wildman–Crippen LogP) is 5.51. The Bertz CT molecular complexity index is 1040. The van der Waals surface area contributed by atoms with E-state index >= 15 is 0 Å². The highest BCUT2D eigenvalue weighted by Crippen LogP contribution is 2.30. The molecule has 2 rings (SSSR count). The van der Waals surface area contributed by atoms with Crippen molar-refractivity contribution in [2.24, 2.45) is 0 Å². The Labute approximate surface area is 194 Å². The van der Waals surface area contributed by atoms with Crippen LogP contribution in [0.5, 0.6) is 0 Å². The Hall–Kier alpha value is -1.96. The Kier molecular flexibility index (Phi) is 8.63. The third kappa shape index (κ3) is 6.76. The SMILES string of the molecule is CCN(CC)c1ccc(N(C)C(=O)OC(CS(C)(=O)=O)c2ccc(Cl)c(Cl)c2)c(C)c1. The molecule has 0 radical (unpaired) electrons. The molecule has 1 amide bonds. The van der Waals surface area contributed by atoms with E-state index in [0.29, 0.717) is 16.3 Å². The van der Waals surface area contributed by atoms with Crippen molar-refractivity contribution in [1.82, 2.24) is 0 Å². The Morgan fingerprint density at radius 2 is 1.71 bits per heavy atom. The number of ether oxygens (including phenoxy) is 1. The van der Waals surface area contributed by atoms with Crippen molar-refractivity contribution in [3.8, 4) is 0 Å². The fourth-order valence-electron chi connectivity index (χ4n) is 3.29. The number of hydrogen-bond donors (Lipinski definition) is 0. The lowest BCUT2D eigenvalue weighted by Gasteiger charge is -2.26. The lowest BCUT2D eigenvalue weighted by atomic mass is 10.1. The lowest BCUT2D eigenvalue weighted by molar-refractivity contribution is 0.116. The number of amides is 1. The van der Waals surface area contributed by atoms with Crippen LogP contribution < -0.4 is 9.80 Å². The molecule has 9 heteroatoms. The highest BCUT2D eigenvalue weighted by molar-refractivity contribution is 7.90. The van der Waals surface area contributed by atoms with Crippen LogP contribution >= 0.6 is 23.2 Å². The zero-order valence-electron chi connectivity index (χ0n) is 18.4. The monoisotopic (exact) mass is 486 g/mol. The largest absolute Gasteiger partial charge is 0.440 e. The van der Waals surface area contributed by atoms with Gasteiger partial charge in [0.05, 0.1) is 15.8 Å². The van der Waals surface area contributed by atoms with Gasteiger partial charge in [-0.1, -0.05) is 29.3 Å².